The summed E-state index contributed by atoms with van der Waals surface area (Å²) in [5, 5.41) is 0. The average molecular weight is 553 g/mol. The van der Waals surface area contributed by atoms with Crippen LogP contribution < -0.4 is 0 Å². The van der Waals surface area contributed by atoms with Crippen molar-refractivity contribution in [2.75, 3.05) is 7.11 Å². The molecule has 0 aromatic carbocycles. The molecule has 8 heteroatoms. The van der Waals surface area contributed by atoms with Gasteiger partial charge in [0.25, 0.3) is 0 Å². The van der Waals surface area contributed by atoms with Gasteiger partial charge < -0.3 is 18.6 Å². The molecule has 3 aliphatic carbocycles. The van der Waals surface area contributed by atoms with E-state index in [9.17, 15) is 19.2 Å². The Morgan fingerprint density at radius 2 is 1.90 bits per heavy atom. The van der Waals surface area contributed by atoms with Crippen molar-refractivity contribution in [2.45, 2.75) is 85.9 Å². The maximum absolute atomic E-state index is 14.5. The molecule has 2 bridgehead atoms. The van der Waals surface area contributed by atoms with E-state index >= 15 is 0 Å². The number of esters is 3. The normalized spacial score (nSPS) is 36.8. The van der Waals surface area contributed by atoms with Crippen molar-refractivity contribution >= 4 is 23.7 Å². The number of methoxy groups -OCH3 is 1. The fourth-order valence-electron chi connectivity index (χ4n) is 8.52. The maximum atomic E-state index is 14.5. The van der Waals surface area contributed by atoms with E-state index in [0.717, 1.165) is 23.1 Å². The number of Topliss-reactive ketones (excluding diaryl/α,β-unsaturated/α-hetero) is 1. The van der Waals surface area contributed by atoms with Gasteiger partial charge in [0.1, 0.15) is 18.0 Å². The summed E-state index contributed by atoms with van der Waals surface area (Å²) in [4.78, 5) is 53.3. The Morgan fingerprint density at radius 3 is 2.52 bits per heavy atom. The van der Waals surface area contributed by atoms with E-state index in [2.05, 4.69) is 6.92 Å². The quantitative estimate of drug-likeness (QED) is 0.199. The number of hydrogen-bond acceptors (Lipinski definition) is 8. The average Bonchev–Trinajstić information content (AvgIpc) is 3.45. The van der Waals surface area contributed by atoms with Gasteiger partial charge in [-0.1, -0.05) is 39.3 Å². The first kappa shape index (κ1) is 28.4. The second-order valence-corrected chi connectivity index (χ2v) is 13.0. The predicted molar refractivity (Wildman–Crippen MR) is 144 cm³/mol. The van der Waals surface area contributed by atoms with E-state index in [1.807, 2.05) is 26.8 Å². The molecule has 1 aliphatic heterocycles. The van der Waals surface area contributed by atoms with Gasteiger partial charge in [-0.25, -0.2) is 4.79 Å². The summed E-state index contributed by atoms with van der Waals surface area (Å²) in [5.74, 6) is -2.32. The Hall–Kier alpha value is -3.16. The lowest BCUT2D eigenvalue weighted by Crippen LogP contribution is -2.66. The first-order valence-corrected chi connectivity index (χ1v) is 14.2. The summed E-state index contributed by atoms with van der Waals surface area (Å²) in [6.45, 7) is 11.6. The smallest absolute Gasteiger partial charge is 0.333 e. The molecule has 8 nitrogen and oxygen atoms in total. The van der Waals surface area contributed by atoms with Gasteiger partial charge >= 0.3 is 17.9 Å². The molecule has 3 fully saturated rings. The van der Waals surface area contributed by atoms with Crippen LogP contribution in [0.5, 0.6) is 0 Å². The summed E-state index contributed by atoms with van der Waals surface area (Å²) in [5.41, 5.74) is 1.32. The van der Waals surface area contributed by atoms with E-state index in [1.165, 1.54) is 7.11 Å². The summed E-state index contributed by atoms with van der Waals surface area (Å²) in [6, 6.07) is 1.83. The van der Waals surface area contributed by atoms with Crippen molar-refractivity contribution in [3.63, 3.8) is 0 Å². The highest BCUT2D eigenvalue weighted by Crippen LogP contribution is 2.68. The van der Waals surface area contributed by atoms with Crippen LogP contribution in [0.3, 0.4) is 0 Å². The largest absolute Gasteiger partial charge is 0.472 e. The van der Waals surface area contributed by atoms with Crippen molar-refractivity contribution in [3.05, 3.63) is 47.0 Å². The summed E-state index contributed by atoms with van der Waals surface area (Å²) in [7, 11) is 1.35. The summed E-state index contributed by atoms with van der Waals surface area (Å²) >= 11 is 0. The predicted octanol–water partition coefficient (Wildman–Crippen LogP) is 5.67. The van der Waals surface area contributed by atoms with Crippen molar-refractivity contribution in [3.8, 4) is 0 Å². The molecule has 1 aromatic rings. The number of ether oxygens (including phenoxy) is 3. The van der Waals surface area contributed by atoms with Gasteiger partial charge in [0.2, 0.25) is 0 Å². The Balaban J connectivity index is 1.68. The first-order chi connectivity index (χ1) is 18.8. The number of ketones is 1. The molecule has 216 valence electrons. The minimum absolute atomic E-state index is 0.0272. The molecular formula is C32H40O8. The van der Waals surface area contributed by atoms with Crippen molar-refractivity contribution in [2.24, 2.45) is 34.0 Å². The number of allylic oxidation sites excluding steroid dienone is 2. The number of carbonyl (C=O) groups excluding carboxylic acids is 4. The SMILES string of the molecule is CC=C(C)C(=O)O[C@@H]1[C@H]2CC3=C4CC(=O)O[C@H](c5ccoc5)[C@@]4(C)CC[C@H]3[C@](C)(C2=O)[C@H](CC(=O)OC)C1(C)C. The zero-order chi connectivity index (χ0) is 29.2. The molecule has 1 saturated heterocycles. The van der Waals surface area contributed by atoms with Crippen LogP contribution in [-0.2, 0) is 33.4 Å². The fourth-order valence-corrected chi connectivity index (χ4v) is 8.52. The van der Waals surface area contributed by atoms with E-state index in [-0.39, 0.29) is 30.5 Å². The molecular weight excluding hydrogens is 512 g/mol. The number of carbonyl (C=O) groups is 4. The van der Waals surface area contributed by atoms with Gasteiger partial charge in [-0.15, -0.1) is 0 Å². The third-order valence-corrected chi connectivity index (χ3v) is 10.8. The number of fused-ring (bicyclic) bond motifs is 5. The molecule has 0 amide bonds. The third kappa shape index (κ3) is 4.00. The zero-order valence-electron chi connectivity index (χ0n) is 24.5. The van der Waals surface area contributed by atoms with E-state index in [1.54, 1.807) is 32.4 Å². The van der Waals surface area contributed by atoms with Crippen LogP contribution in [0.1, 0.15) is 85.3 Å². The molecule has 40 heavy (non-hydrogen) atoms. The molecule has 1 aromatic heterocycles. The minimum atomic E-state index is -0.894. The monoisotopic (exact) mass is 552 g/mol. The van der Waals surface area contributed by atoms with Gasteiger partial charge in [0, 0.05) is 33.8 Å². The van der Waals surface area contributed by atoms with Gasteiger partial charge in [-0.3, -0.25) is 14.4 Å². The maximum Gasteiger partial charge on any atom is 0.333 e. The van der Waals surface area contributed by atoms with Crippen LogP contribution >= 0.6 is 0 Å². The lowest BCUT2D eigenvalue weighted by Gasteiger charge is -2.63. The number of furan rings is 1. The van der Waals surface area contributed by atoms with Crippen LogP contribution in [0.2, 0.25) is 0 Å². The van der Waals surface area contributed by atoms with Crippen LogP contribution in [0.4, 0.5) is 0 Å². The number of cyclic esters (lactones) is 1. The van der Waals surface area contributed by atoms with Gasteiger partial charge in [0.15, 0.2) is 0 Å². The second kappa shape index (κ2) is 9.74. The highest BCUT2D eigenvalue weighted by Gasteiger charge is 2.68. The van der Waals surface area contributed by atoms with Crippen LogP contribution in [0, 0.1) is 34.0 Å². The molecule has 0 spiro atoms. The molecule has 2 heterocycles. The van der Waals surface area contributed by atoms with E-state index in [0.29, 0.717) is 18.4 Å². The lowest BCUT2D eigenvalue weighted by atomic mass is 9.40. The van der Waals surface area contributed by atoms with Gasteiger partial charge in [0.05, 0.1) is 32.0 Å². The molecule has 0 unspecified atom stereocenters. The van der Waals surface area contributed by atoms with E-state index in [4.69, 9.17) is 18.6 Å². The molecule has 0 N–H and O–H groups in total. The number of hydrogen-bond donors (Lipinski definition) is 0. The summed E-state index contributed by atoms with van der Waals surface area (Å²) < 4.78 is 22.5. The Kier molecular flexibility index (Phi) is 6.91. The first-order valence-electron chi connectivity index (χ1n) is 14.2. The Bertz CT molecular complexity index is 1300. The topological polar surface area (TPSA) is 109 Å². The lowest BCUT2D eigenvalue weighted by molar-refractivity contribution is -0.197. The molecule has 5 rings (SSSR count). The highest BCUT2D eigenvalue weighted by atomic mass is 16.6. The zero-order valence-corrected chi connectivity index (χ0v) is 24.5. The van der Waals surface area contributed by atoms with Crippen molar-refractivity contribution < 1.29 is 37.8 Å². The standard InChI is InChI=1S/C32H40O8/c1-8-17(2)29(36)40-28-20-13-19-21(32(6,26(20)35)23(30(28,3)4)15-24(33)37-7)9-11-31(5)22(19)14-25(34)39-27(31)18-10-12-38-16-18/h8,10,12,16,20-21,23,27-28H,9,11,13-15H2,1-7H3/t20-,21+,23+,27+,28+,31-,32-/m0/s1. The van der Waals surface area contributed by atoms with Gasteiger partial charge in [-0.2, -0.15) is 0 Å². The molecule has 0 radical (unpaired) electrons. The molecule has 4 aliphatic rings. The van der Waals surface area contributed by atoms with Crippen molar-refractivity contribution in [1.29, 1.82) is 0 Å². The number of rotatable bonds is 5. The van der Waals surface area contributed by atoms with Gasteiger partial charge in [-0.05, 0) is 56.6 Å². The summed E-state index contributed by atoms with van der Waals surface area (Å²) in [6.07, 6.45) is 5.69. The second-order valence-electron chi connectivity index (χ2n) is 13.0. The minimum Gasteiger partial charge on any atom is -0.472 e. The highest BCUT2D eigenvalue weighted by molar-refractivity contribution is 5.93. The van der Waals surface area contributed by atoms with E-state index < -0.39 is 52.2 Å². The molecule has 7 atom stereocenters. The Labute approximate surface area is 235 Å². The Morgan fingerprint density at radius 1 is 1.18 bits per heavy atom. The van der Waals surface area contributed by atoms with Crippen LogP contribution in [0.25, 0.3) is 0 Å². The third-order valence-electron chi connectivity index (χ3n) is 10.8. The van der Waals surface area contributed by atoms with Crippen molar-refractivity contribution in [1.82, 2.24) is 0 Å². The van der Waals surface area contributed by atoms with Crippen LogP contribution in [-0.4, -0.2) is 36.9 Å². The fraction of sp³-hybridized carbons (Fsp3) is 0.625. The molecule has 2 saturated carbocycles. The van der Waals surface area contributed by atoms with Crippen LogP contribution in [0.15, 0.2) is 45.8 Å².